The molecule has 0 heterocycles. The van der Waals surface area contributed by atoms with Crippen molar-refractivity contribution in [1.29, 1.82) is 0 Å². The lowest BCUT2D eigenvalue weighted by Crippen LogP contribution is -2.36. The number of hydrogen-bond donors (Lipinski definition) is 2. The van der Waals surface area contributed by atoms with Crippen LogP contribution in [0.2, 0.25) is 5.02 Å². The summed E-state index contributed by atoms with van der Waals surface area (Å²) in [5.74, 6) is -1.35. The molecule has 0 aliphatic rings. The average molecular weight is 396 g/mol. The smallest absolute Gasteiger partial charge is 0.313 e. The minimum absolute atomic E-state index is 0.378. The Morgan fingerprint density at radius 2 is 1.78 bits per heavy atom. The second-order valence-electron chi connectivity index (χ2n) is 5.07. The van der Waals surface area contributed by atoms with Crippen molar-refractivity contribution < 1.29 is 9.59 Å². The first kappa shape index (κ1) is 17.5. The molecule has 6 heteroatoms. The van der Waals surface area contributed by atoms with Crippen LogP contribution in [0.25, 0.3) is 0 Å². The second-order valence-corrected chi connectivity index (χ2v) is 6.36. The first-order chi connectivity index (χ1) is 11.0. The van der Waals surface area contributed by atoms with Crippen molar-refractivity contribution in [3.63, 3.8) is 0 Å². The second kappa shape index (κ2) is 8.13. The number of benzene rings is 2. The van der Waals surface area contributed by atoms with Crippen LogP contribution >= 0.6 is 27.5 Å². The number of nitrogens with one attached hydrogen (secondary N) is 2. The number of halogens is 2. The molecule has 2 aromatic carbocycles. The van der Waals surface area contributed by atoms with Gasteiger partial charge >= 0.3 is 11.8 Å². The quantitative estimate of drug-likeness (QED) is 0.775. The van der Waals surface area contributed by atoms with E-state index in [2.05, 4.69) is 26.6 Å². The molecule has 0 bridgehead atoms. The van der Waals surface area contributed by atoms with E-state index < -0.39 is 11.8 Å². The lowest BCUT2D eigenvalue weighted by atomic mass is 10.1. The van der Waals surface area contributed by atoms with Crippen LogP contribution in [0.3, 0.4) is 0 Å². The molecule has 0 saturated heterocycles. The van der Waals surface area contributed by atoms with E-state index in [4.69, 9.17) is 11.6 Å². The van der Waals surface area contributed by atoms with Gasteiger partial charge in [0, 0.05) is 16.0 Å². The van der Waals surface area contributed by atoms with Gasteiger partial charge in [-0.3, -0.25) is 9.59 Å². The number of carbonyl (C=O) groups is 2. The van der Waals surface area contributed by atoms with Gasteiger partial charge in [-0.05, 0) is 64.7 Å². The van der Waals surface area contributed by atoms with E-state index in [0.29, 0.717) is 23.7 Å². The Morgan fingerprint density at radius 1 is 1.09 bits per heavy atom. The highest BCUT2D eigenvalue weighted by atomic mass is 79.9. The molecular formula is C17H16BrClN2O2. The number of carbonyl (C=O) groups excluding carboxylic acids is 2. The van der Waals surface area contributed by atoms with E-state index >= 15 is 0 Å². The van der Waals surface area contributed by atoms with Crippen LogP contribution in [0.5, 0.6) is 0 Å². The maximum atomic E-state index is 11.9. The highest BCUT2D eigenvalue weighted by molar-refractivity contribution is 9.10. The maximum Gasteiger partial charge on any atom is 0.313 e. The van der Waals surface area contributed by atoms with Crippen molar-refractivity contribution in [2.45, 2.75) is 13.3 Å². The third-order valence-electron chi connectivity index (χ3n) is 3.19. The van der Waals surface area contributed by atoms with Crippen molar-refractivity contribution in [2.75, 3.05) is 11.9 Å². The summed E-state index contributed by atoms with van der Waals surface area (Å²) in [5.41, 5.74) is 2.66. The molecule has 0 aromatic heterocycles. The highest BCUT2D eigenvalue weighted by Crippen LogP contribution is 2.23. The Kier molecular flexibility index (Phi) is 6.19. The van der Waals surface area contributed by atoms with Crippen LogP contribution in [-0.2, 0) is 16.0 Å². The number of rotatable bonds is 4. The standard InChI is InChI=1S/C17H16BrClN2O2/c1-11-2-7-15(14(18)10-11)21-17(23)16(22)20-9-8-12-3-5-13(19)6-4-12/h2-7,10H,8-9H2,1H3,(H,20,22)(H,21,23). The molecule has 23 heavy (non-hydrogen) atoms. The zero-order valence-corrected chi connectivity index (χ0v) is 14.9. The summed E-state index contributed by atoms with van der Waals surface area (Å²) in [5, 5.41) is 5.84. The molecule has 0 aliphatic carbocycles. The third-order valence-corrected chi connectivity index (χ3v) is 4.10. The van der Waals surface area contributed by atoms with Gasteiger partial charge in [0.2, 0.25) is 0 Å². The molecule has 0 aliphatic heterocycles. The normalized spacial score (nSPS) is 10.2. The lowest BCUT2D eigenvalue weighted by molar-refractivity contribution is -0.136. The van der Waals surface area contributed by atoms with Crippen LogP contribution in [0, 0.1) is 6.92 Å². The summed E-state index contributed by atoms with van der Waals surface area (Å²) in [6.45, 7) is 2.32. The van der Waals surface area contributed by atoms with Gasteiger partial charge in [-0.1, -0.05) is 29.8 Å². The Bertz CT molecular complexity index is 717. The Labute approximate surface area is 148 Å². The monoisotopic (exact) mass is 394 g/mol. The van der Waals surface area contributed by atoms with Gasteiger partial charge in [0.05, 0.1) is 5.69 Å². The summed E-state index contributed by atoms with van der Waals surface area (Å²) >= 11 is 9.17. The molecule has 0 fully saturated rings. The zero-order valence-electron chi connectivity index (χ0n) is 12.5. The minimum Gasteiger partial charge on any atom is -0.347 e. The van der Waals surface area contributed by atoms with Gasteiger partial charge in [0.1, 0.15) is 0 Å². The van der Waals surface area contributed by atoms with Gasteiger partial charge in [-0.2, -0.15) is 0 Å². The van der Waals surface area contributed by atoms with Gasteiger partial charge in [-0.15, -0.1) is 0 Å². The molecule has 2 N–H and O–H groups in total. The average Bonchev–Trinajstić information content (AvgIpc) is 2.51. The van der Waals surface area contributed by atoms with Crippen LogP contribution < -0.4 is 10.6 Å². The van der Waals surface area contributed by atoms with Gasteiger partial charge in [0.15, 0.2) is 0 Å². The number of hydrogen-bond acceptors (Lipinski definition) is 2. The number of aryl methyl sites for hydroxylation is 1. The predicted molar refractivity (Wildman–Crippen MR) is 95.7 cm³/mol. The van der Waals surface area contributed by atoms with E-state index in [-0.39, 0.29) is 0 Å². The van der Waals surface area contributed by atoms with Crippen LogP contribution in [0.1, 0.15) is 11.1 Å². The van der Waals surface area contributed by atoms with E-state index in [1.807, 2.05) is 31.2 Å². The van der Waals surface area contributed by atoms with E-state index in [1.165, 1.54) is 0 Å². The molecule has 0 atom stereocenters. The zero-order chi connectivity index (χ0) is 16.8. The van der Waals surface area contributed by atoms with Crippen LogP contribution in [0.15, 0.2) is 46.9 Å². The first-order valence-corrected chi connectivity index (χ1v) is 8.22. The Balaban J connectivity index is 1.83. The van der Waals surface area contributed by atoms with Gasteiger partial charge in [-0.25, -0.2) is 0 Å². The molecule has 0 saturated carbocycles. The fourth-order valence-electron chi connectivity index (χ4n) is 1.95. The van der Waals surface area contributed by atoms with Crippen LogP contribution in [0.4, 0.5) is 5.69 Å². The highest BCUT2D eigenvalue weighted by Gasteiger charge is 2.14. The van der Waals surface area contributed by atoms with Gasteiger partial charge < -0.3 is 10.6 Å². The van der Waals surface area contributed by atoms with Crippen molar-refractivity contribution >= 4 is 45.0 Å². The molecule has 2 rings (SSSR count). The Morgan fingerprint density at radius 3 is 2.43 bits per heavy atom. The summed E-state index contributed by atoms with van der Waals surface area (Å²) < 4.78 is 0.736. The lowest BCUT2D eigenvalue weighted by Gasteiger charge is -2.09. The van der Waals surface area contributed by atoms with E-state index in [0.717, 1.165) is 15.6 Å². The maximum absolute atomic E-state index is 11.9. The fourth-order valence-corrected chi connectivity index (χ4v) is 2.67. The molecule has 4 nitrogen and oxygen atoms in total. The molecule has 2 aromatic rings. The summed E-state index contributed by atoms with van der Waals surface area (Å²) in [7, 11) is 0. The minimum atomic E-state index is -0.689. The van der Waals surface area contributed by atoms with Crippen molar-refractivity contribution in [3.8, 4) is 0 Å². The van der Waals surface area contributed by atoms with Crippen molar-refractivity contribution in [1.82, 2.24) is 5.32 Å². The largest absolute Gasteiger partial charge is 0.347 e. The molecule has 0 unspecified atom stereocenters. The number of amides is 2. The summed E-state index contributed by atoms with van der Waals surface area (Å²) in [6.07, 6.45) is 0.629. The predicted octanol–water partition coefficient (Wildman–Crippen LogP) is 3.71. The molecule has 0 spiro atoms. The third kappa shape index (κ3) is 5.37. The fraction of sp³-hybridized carbons (Fsp3) is 0.176. The molecule has 0 radical (unpaired) electrons. The molecular weight excluding hydrogens is 380 g/mol. The first-order valence-electron chi connectivity index (χ1n) is 7.05. The van der Waals surface area contributed by atoms with Crippen molar-refractivity contribution in [3.05, 3.63) is 63.1 Å². The SMILES string of the molecule is Cc1ccc(NC(=O)C(=O)NCCc2ccc(Cl)cc2)c(Br)c1. The summed E-state index contributed by atoms with van der Waals surface area (Å²) in [4.78, 5) is 23.7. The van der Waals surface area contributed by atoms with Crippen molar-refractivity contribution in [2.24, 2.45) is 0 Å². The topological polar surface area (TPSA) is 58.2 Å². The molecule has 2 amide bonds. The van der Waals surface area contributed by atoms with E-state index in [9.17, 15) is 9.59 Å². The molecule has 120 valence electrons. The van der Waals surface area contributed by atoms with Crippen LogP contribution in [-0.4, -0.2) is 18.4 Å². The number of anilines is 1. The van der Waals surface area contributed by atoms with E-state index in [1.54, 1.807) is 18.2 Å². The van der Waals surface area contributed by atoms with Gasteiger partial charge in [0.25, 0.3) is 0 Å². The Hall–Kier alpha value is -1.85. The summed E-state index contributed by atoms with van der Waals surface area (Å²) in [6, 6.07) is 12.8.